The molecule has 6 nitrogen and oxygen atoms in total. The summed E-state index contributed by atoms with van der Waals surface area (Å²) in [6.07, 6.45) is 1.26. The molecule has 0 aromatic heterocycles. The second-order valence-corrected chi connectivity index (χ2v) is 5.38. The van der Waals surface area contributed by atoms with Crippen LogP contribution in [0.1, 0.15) is 26.7 Å². The van der Waals surface area contributed by atoms with E-state index >= 15 is 0 Å². The summed E-state index contributed by atoms with van der Waals surface area (Å²) in [6.45, 7) is 0.600. The van der Waals surface area contributed by atoms with E-state index in [0.29, 0.717) is 12.1 Å². The molecule has 1 aromatic rings. The van der Waals surface area contributed by atoms with Crippen molar-refractivity contribution in [2.45, 2.75) is 38.8 Å². The van der Waals surface area contributed by atoms with Crippen LogP contribution in [0.3, 0.4) is 0 Å². The van der Waals surface area contributed by atoms with Gasteiger partial charge in [0, 0.05) is 5.69 Å². The van der Waals surface area contributed by atoms with E-state index in [1.807, 2.05) is 6.92 Å². The van der Waals surface area contributed by atoms with Crippen LogP contribution in [0.25, 0.3) is 0 Å². The summed E-state index contributed by atoms with van der Waals surface area (Å²) in [4.78, 5) is 23.8. The van der Waals surface area contributed by atoms with Gasteiger partial charge in [0.2, 0.25) is 5.91 Å². The molecular weight excluding hydrogens is 322 g/mol. The van der Waals surface area contributed by atoms with Crippen LogP contribution < -0.4 is 15.4 Å². The fourth-order valence-electron chi connectivity index (χ4n) is 2.19. The maximum Gasteiger partial charge on any atom is 0.387 e. The zero-order valence-electron chi connectivity index (χ0n) is 13.9. The number of nitrogens with one attached hydrogen (secondary N) is 2. The molecule has 0 fully saturated rings. The second kappa shape index (κ2) is 9.17. The number of hydrogen-bond acceptors (Lipinski definition) is 5. The molecule has 1 amide bonds. The molecule has 0 spiro atoms. The molecule has 1 atom stereocenters. The Bertz CT molecular complexity index is 552. The first-order valence-corrected chi connectivity index (χ1v) is 7.49. The average molecular weight is 344 g/mol. The van der Waals surface area contributed by atoms with Crippen molar-refractivity contribution in [2.24, 2.45) is 0 Å². The Morgan fingerprint density at radius 2 is 1.88 bits per heavy atom. The zero-order chi connectivity index (χ0) is 18.2. The Morgan fingerprint density at radius 1 is 1.25 bits per heavy atom. The lowest BCUT2D eigenvalue weighted by Gasteiger charge is -2.27. The van der Waals surface area contributed by atoms with E-state index in [-0.39, 0.29) is 18.2 Å². The summed E-state index contributed by atoms with van der Waals surface area (Å²) in [7, 11) is 1.29. The van der Waals surface area contributed by atoms with Crippen molar-refractivity contribution in [1.29, 1.82) is 0 Å². The number of hydrogen-bond donors (Lipinski definition) is 2. The number of carbonyl (C=O) groups excluding carboxylic acids is 2. The van der Waals surface area contributed by atoms with Gasteiger partial charge in [-0.25, -0.2) is 0 Å². The van der Waals surface area contributed by atoms with Gasteiger partial charge in [-0.05, 0) is 37.6 Å². The van der Waals surface area contributed by atoms with Crippen molar-refractivity contribution >= 4 is 17.6 Å². The highest BCUT2D eigenvalue weighted by atomic mass is 19.3. The van der Waals surface area contributed by atoms with Crippen molar-refractivity contribution in [3.63, 3.8) is 0 Å². The van der Waals surface area contributed by atoms with Crippen molar-refractivity contribution in [1.82, 2.24) is 5.32 Å². The number of benzene rings is 1. The number of rotatable bonds is 9. The summed E-state index contributed by atoms with van der Waals surface area (Å²) in [5.74, 6) is -0.809. The topological polar surface area (TPSA) is 76.7 Å². The first kappa shape index (κ1) is 19.8. The van der Waals surface area contributed by atoms with Gasteiger partial charge in [0.15, 0.2) is 0 Å². The Morgan fingerprint density at radius 3 is 2.38 bits per heavy atom. The minimum absolute atomic E-state index is 0.00216. The SMILES string of the molecule is CCC[C@@](C)(NCC(=O)Nc1ccc(OC(F)F)cc1)C(=O)OC. The average Bonchev–Trinajstić information content (AvgIpc) is 2.54. The van der Waals surface area contributed by atoms with Crippen molar-refractivity contribution < 1.29 is 27.8 Å². The standard InChI is InChI=1S/C16H22F2N2O4/c1-4-9-16(2,14(22)23-3)19-10-13(21)20-11-5-7-12(8-6-11)24-15(17)18/h5-8,15,19H,4,9-10H2,1-3H3,(H,20,21)/t16-/m1/s1. The third kappa shape index (κ3) is 6.11. The van der Waals surface area contributed by atoms with Crippen LogP contribution in [-0.2, 0) is 14.3 Å². The fourth-order valence-corrected chi connectivity index (χ4v) is 2.19. The van der Waals surface area contributed by atoms with Gasteiger partial charge in [0.05, 0.1) is 13.7 Å². The molecule has 0 unspecified atom stereocenters. The molecule has 0 aliphatic heterocycles. The third-order valence-electron chi connectivity index (χ3n) is 3.39. The molecule has 24 heavy (non-hydrogen) atoms. The molecule has 0 heterocycles. The highest BCUT2D eigenvalue weighted by Gasteiger charge is 2.33. The second-order valence-electron chi connectivity index (χ2n) is 5.38. The smallest absolute Gasteiger partial charge is 0.387 e. The number of alkyl halides is 2. The van der Waals surface area contributed by atoms with Gasteiger partial charge in [-0.2, -0.15) is 8.78 Å². The molecular formula is C16H22F2N2O4. The van der Waals surface area contributed by atoms with Gasteiger partial charge < -0.3 is 14.8 Å². The molecule has 0 aliphatic rings. The summed E-state index contributed by atoms with van der Waals surface area (Å²) in [6, 6.07) is 5.54. The fraction of sp³-hybridized carbons (Fsp3) is 0.500. The molecule has 0 bridgehead atoms. The molecule has 0 saturated heterocycles. The van der Waals surface area contributed by atoms with E-state index in [4.69, 9.17) is 4.74 Å². The Labute approximate surface area is 139 Å². The summed E-state index contributed by atoms with van der Waals surface area (Å²) in [5, 5.41) is 5.49. The number of anilines is 1. The maximum atomic E-state index is 12.1. The number of amides is 1. The van der Waals surface area contributed by atoms with E-state index in [2.05, 4.69) is 15.4 Å². The van der Waals surface area contributed by atoms with Crippen LogP contribution in [0, 0.1) is 0 Å². The van der Waals surface area contributed by atoms with Crippen molar-refractivity contribution in [3.8, 4) is 5.75 Å². The lowest BCUT2D eigenvalue weighted by atomic mass is 9.96. The molecule has 8 heteroatoms. The predicted octanol–water partition coefficient (Wildman–Crippen LogP) is 2.55. The first-order chi connectivity index (χ1) is 11.3. The van der Waals surface area contributed by atoms with Gasteiger partial charge in [-0.15, -0.1) is 0 Å². The van der Waals surface area contributed by atoms with E-state index < -0.39 is 18.1 Å². The lowest BCUT2D eigenvalue weighted by molar-refractivity contribution is -0.148. The van der Waals surface area contributed by atoms with Crippen molar-refractivity contribution in [2.75, 3.05) is 19.0 Å². The molecule has 1 rings (SSSR count). The van der Waals surface area contributed by atoms with Gasteiger partial charge in [-0.1, -0.05) is 13.3 Å². The van der Waals surface area contributed by atoms with E-state index in [1.165, 1.54) is 31.4 Å². The number of halogens is 2. The highest BCUT2D eigenvalue weighted by Crippen LogP contribution is 2.18. The van der Waals surface area contributed by atoms with Crippen LogP contribution >= 0.6 is 0 Å². The molecule has 0 radical (unpaired) electrons. The van der Waals surface area contributed by atoms with Crippen molar-refractivity contribution in [3.05, 3.63) is 24.3 Å². The molecule has 0 aliphatic carbocycles. The van der Waals surface area contributed by atoms with Crippen LogP contribution in [0.2, 0.25) is 0 Å². The first-order valence-electron chi connectivity index (χ1n) is 7.49. The molecule has 1 aromatic carbocycles. The minimum Gasteiger partial charge on any atom is -0.468 e. The number of methoxy groups -OCH3 is 1. The number of esters is 1. The molecule has 2 N–H and O–H groups in total. The Balaban J connectivity index is 2.57. The quantitative estimate of drug-likeness (QED) is 0.673. The number of carbonyl (C=O) groups is 2. The highest BCUT2D eigenvalue weighted by molar-refractivity contribution is 5.93. The van der Waals surface area contributed by atoms with Gasteiger partial charge in [0.1, 0.15) is 11.3 Å². The maximum absolute atomic E-state index is 12.1. The summed E-state index contributed by atoms with van der Waals surface area (Å²) >= 11 is 0. The van der Waals surface area contributed by atoms with E-state index in [0.717, 1.165) is 6.42 Å². The monoisotopic (exact) mass is 344 g/mol. The lowest BCUT2D eigenvalue weighted by Crippen LogP contribution is -2.52. The van der Waals surface area contributed by atoms with Gasteiger partial charge in [0.25, 0.3) is 0 Å². The Hall–Kier alpha value is -2.22. The van der Waals surface area contributed by atoms with E-state index in [9.17, 15) is 18.4 Å². The van der Waals surface area contributed by atoms with Crippen LogP contribution in [-0.4, -0.2) is 37.7 Å². The van der Waals surface area contributed by atoms with Gasteiger partial charge >= 0.3 is 12.6 Å². The normalized spacial score (nSPS) is 13.2. The minimum atomic E-state index is -2.90. The van der Waals surface area contributed by atoms with Gasteiger partial charge in [-0.3, -0.25) is 14.9 Å². The van der Waals surface area contributed by atoms with Crippen LogP contribution in [0.4, 0.5) is 14.5 Å². The number of ether oxygens (including phenoxy) is 2. The summed E-state index contributed by atoms with van der Waals surface area (Å²) < 4.78 is 33.1. The zero-order valence-corrected chi connectivity index (χ0v) is 13.9. The third-order valence-corrected chi connectivity index (χ3v) is 3.39. The van der Waals surface area contributed by atoms with Crippen LogP contribution in [0.15, 0.2) is 24.3 Å². The Kier molecular flexibility index (Phi) is 7.57. The molecule has 0 saturated carbocycles. The predicted molar refractivity (Wildman–Crippen MR) is 85.0 cm³/mol. The summed E-state index contributed by atoms with van der Waals surface area (Å²) in [5.41, 5.74) is -0.519. The molecule has 134 valence electrons. The van der Waals surface area contributed by atoms with Crippen LogP contribution in [0.5, 0.6) is 5.75 Å². The largest absolute Gasteiger partial charge is 0.468 e. The van der Waals surface area contributed by atoms with E-state index in [1.54, 1.807) is 6.92 Å².